The van der Waals surface area contributed by atoms with Crippen molar-refractivity contribution in [3.8, 4) is 17.3 Å². The molecule has 0 fully saturated rings. The first-order chi connectivity index (χ1) is 16.0. The third kappa shape index (κ3) is 5.66. The summed E-state index contributed by atoms with van der Waals surface area (Å²) in [4.78, 5) is 14.5. The van der Waals surface area contributed by atoms with Gasteiger partial charge in [0.1, 0.15) is 5.75 Å². The first kappa shape index (κ1) is 23.1. The number of furan rings is 1. The van der Waals surface area contributed by atoms with Crippen LogP contribution in [0.3, 0.4) is 0 Å². The molecule has 2 aromatic carbocycles. The van der Waals surface area contributed by atoms with E-state index < -0.39 is 0 Å². The average Bonchev–Trinajstić information content (AvgIpc) is 3.44. The molecule has 0 saturated carbocycles. The molecule has 0 aliphatic rings. The zero-order valence-electron chi connectivity index (χ0n) is 18.3. The van der Waals surface area contributed by atoms with Crippen molar-refractivity contribution in [1.29, 1.82) is 0 Å². The predicted octanol–water partition coefficient (Wildman–Crippen LogP) is 5.11. The van der Waals surface area contributed by atoms with Crippen LogP contribution in [0.25, 0.3) is 11.6 Å². The second kappa shape index (κ2) is 10.7. The molecule has 0 bridgehead atoms. The summed E-state index contributed by atoms with van der Waals surface area (Å²) in [7, 11) is 3.42. The maximum absolute atomic E-state index is 12.9. The number of aromatic nitrogens is 3. The molecule has 7 nitrogen and oxygen atoms in total. The quantitative estimate of drug-likeness (QED) is 0.282. The van der Waals surface area contributed by atoms with Crippen LogP contribution in [0.15, 0.2) is 81.0 Å². The number of nitrogens with zero attached hydrogens (tertiary/aromatic N) is 4. The molecule has 2 aromatic heterocycles. The lowest BCUT2D eigenvalue weighted by Crippen LogP contribution is -2.28. The molecule has 9 heteroatoms. The summed E-state index contributed by atoms with van der Waals surface area (Å²) in [5, 5.41) is 9.35. The molecular weight excluding hydrogens is 504 g/mol. The second-order valence-corrected chi connectivity index (χ2v) is 9.06. The first-order valence-electron chi connectivity index (χ1n) is 10.3. The van der Waals surface area contributed by atoms with E-state index in [0.29, 0.717) is 34.5 Å². The Balaban J connectivity index is 1.50. The van der Waals surface area contributed by atoms with E-state index in [4.69, 9.17) is 9.15 Å². The number of benzene rings is 2. The number of para-hydroxylation sites is 1. The third-order valence-corrected chi connectivity index (χ3v) is 6.42. The van der Waals surface area contributed by atoms with E-state index in [1.165, 1.54) is 11.8 Å². The Kier molecular flexibility index (Phi) is 7.51. The summed E-state index contributed by atoms with van der Waals surface area (Å²) in [6, 6.07) is 21.4. The van der Waals surface area contributed by atoms with Gasteiger partial charge in [0.25, 0.3) is 0 Å². The van der Waals surface area contributed by atoms with Crippen LogP contribution < -0.4 is 4.74 Å². The largest absolute Gasteiger partial charge is 0.496 e. The number of carbonyl (C=O) groups is 1. The first-order valence-corrected chi connectivity index (χ1v) is 12.0. The Morgan fingerprint density at radius 1 is 1.09 bits per heavy atom. The fraction of sp³-hybridized carbons (Fsp3) is 0.208. The molecule has 33 heavy (non-hydrogen) atoms. The Labute approximate surface area is 204 Å². The van der Waals surface area contributed by atoms with Crippen molar-refractivity contribution in [3.63, 3.8) is 0 Å². The molecule has 0 unspecified atom stereocenters. The molecule has 0 aliphatic heterocycles. The van der Waals surface area contributed by atoms with Crippen LogP contribution in [0.4, 0.5) is 0 Å². The van der Waals surface area contributed by atoms with E-state index in [-0.39, 0.29) is 11.7 Å². The maximum atomic E-state index is 12.9. The summed E-state index contributed by atoms with van der Waals surface area (Å²) >= 11 is 4.70. The van der Waals surface area contributed by atoms with Crippen molar-refractivity contribution >= 4 is 33.6 Å². The van der Waals surface area contributed by atoms with Crippen molar-refractivity contribution in [2.75, 3.05) is 19.9 Å². The van der Waals surface area contributed by atoms with Crippen LogP contribution in [0.5, 0.6) is 5.75 Å². The minimum atomic E-state index is -0.0116. The van der Waals surface area contributed by atoms with Gasteiger partial charge in [0.05, 0.1) is 19.4 Å². The summed E-state index contributed by atoms with van der Waals surface area (Å²) in [5.41, 5.74) is 2.06. The number of rotatable bonds is 9. The van der Waals surface area contributed by atoms with Crippen LogP contribution in [0.1, 0.15) is 11.1 Å². The van der Waals surface area contributed by atoms with Gasteiger partial charge in [-0.15, -0.1) is 10.2 Å². The molecule has 2 heterocycles. The van der Waals surface area contributed by atoms with E-state index in [1.54, 1.807) is 19.1 Å². The minimum Gasteiger partial charge on any atom is -0.496 e. The average molecular weight is 527 g/mol. The lowest BCUT2D eigenvalue weighted by Gasteiger charge is -2.18. The second-order valence-electron chi connectivity index (χ2n) is 7.33. The minimum absolute atomic E-state index is 0.0116. The zero-order valence-corrected chi connectivity index (χ0v) is 20.7. The topological polar surface area (TPSA) is 73.4 Å². The fourth-order valence-electron chi connectivity index (χ4n) is 3.33. The molecule has 0 atom stereocenters. The van der Waals surface area contributed by atoms with Crippen molar-refractivity contribution in [2.24, 2.45) is 0 Å². The molecule has 0 radical (unpaired) electrons. The standard InChI is InChI=1S/C24H23BrN4O3S/c1-28(15-18-10-6-7-11-19(18)31-2)22(30)16-33-24-27-26-23(20-12-13-21(25)32-20)29(24)14-17-8-4-3-5-9-17/h3-13H,14-16H2,1-2H3. The molecule has 0 saturated heterocycles. The number of hydrogen-bond acceptors (Lipinski definition) is 6. The summed E-state index contributed by atoms with van der Waals surface area (Å²) in [6.45, 7) is 1.03. The molecular formula is C24H23BrN4O3S. The molecule has 4 aromatic rings. The summed E-state index contributed by atoms with van der Waals surface area (Å²) in [5.74, 6) is 2.21. The third-order valence-electron chi connectivity index (χ3n) is 5.04. The van der Waals surface area contributed by atoms with Crippen LogP contribution in [-0.2, 0) is 17.9 Å². The van der Waals surface area contributed by atoms with E-state index in [2.05, 4.69) is 26.1 Å². The Hall–Kier alpha value is -3.04. The van der Waals surface area contributed by atoms with Gasteiger partial charge in [0, 0.05) is 19.2 Å². The Morgan fingerprint density at radius 3 is 2.58 bits per heavy atom. The van der Waals surface area contributed by atoms with Gasteiger partial charge in [-0.2, -0.15) is 0 Å². The number of amides is 1. The summed E-state index contributed by atoms with van der Waals surface area (Å²) in [6.07, 6.45) is 0. The zero-order chi connectivity index (χ0) is 23.2. The highest BCUT2D eigenvalue weighted by Gasteiger charge is 2.20. The van der Waals surface area contributed by atoms with E-state index in [0.717, 1.165) is 16.9 Å². The molecule has 170 valence electrons. The van der Waals surface area contributed by atoms with Gasteiger partial charge in [0.2, 0.25) is 11.7 Å². The normalized spacial score (nSPS) is 10.9. The van der Waals surface area contributed by atoms with Gasteiger partial charge in [-0.25, -0.2) is 0 Å². The number of carbonyl (C=O) groups excluding carboxylic acids is 1. The highest BCUT2D eigenvalue weighted by atomic mass is 79.9. The highest BCUT2D eigenvalue weighted by Crippen LogP contribution is 2.28. The van der Waals surface area contributed by atoms with Crippen molar-refractivity contribution < 1.29 is 13.9 Å². The van der Waals surface area contributed by atoms with Crippen molar-refractivity contribution in [2.45, 2.75) is 18.2 Å². The van der Waals surface area contributed by atoms with Gasteiger partial charge in [-0.1, -0.05) is 60.3 Å². The smallest absolute Gasteiger partial charge is 0.233 e. The van der Waals surface area contributed by atoms with E-state index in [9.17, 15) is 4.79 Å². The molecule has 4 rings (SSSR count). The number of methoxy groups -OCH3 is 1. The SMILES string of the molecule is COc1ccccc1CN(C)C(=O)CSc1nnc(-c2ccc(Br)o2)n1Cc1ccccc1. The van der Waals surface area contributed by atoms with Gasteiger partial charge in [-0.3, -0.25) is 9.36 Å². The number of hydrogen-bond donors (Lipinski definition) is 0. The number of halogens is 1. The van der Waals surface area contributed by atoms with Crippen LogP contribution in [-0.4, -0.2) is 45.5 Å². The number of ether oxygens (including phenoxy) is 1. The van der Waals surface area contributed by atoms with Crippen LogP contribution >= 0.6 is 27.7 Å². The van der Waals surface area contributed by atoms with Gasteiger partial charge < -0.3 is 14.1 Å². The monoisotopic (exact) mass is 526 g/mol. The number of thioether (sulfide) groups is 1. The van der Waals surface area contributed by atoms with E-state index >= 15 is 0 Å². The molecule has 0 aliphatic carbocycles. The highest BCUT2D eigenvalue weighted by molar-refractivity contribution is 9.10. The Bertz CT molecular complexity index is 1230. The van der Waals surface area contributed by atoms with Gasteiger partial charge >= 0.3 is 0 Å². The van der Waals surface area contributed by atoms with Gasteiger partial charge in [0.15, 0.2) is 15.6 Å². The molecule has 1 amide bonds. The van der Waals surface area contributed by atoms with E-state index in [1.807, 2.05) is 71.3 Å². The lowest BCUT2D eigenvalue weighted by atomic mass is 10.2. The van der Waals surface area contributed by atoms with Crippen LogP contribution in [0, 0.1) is 0 Å². The maximum Gasteiger partial charge on any atom is 0.233 e. The Morgan fingerprint density at radius 2 is 1.85 bits per heavy atom. The predicted molar refractivity (Wildman–Crippen MR) is 131 cm³/mol. The lowest BCUT2D eigenvalue weighted by molar-refractivity contribution is -0.127. The fourth-order valence-corrected chi connectivity index (χ4v) is 4.52. The summed E-state index contributed by atoms with van der Waals surface area (Å²) < 4.78 is 13.7. The van der Waals surface area contributed by atoms with Gasteiger partial charge in [-0.05, 0) is 39.7 Å². The van der Waals surface area contributed by atoms with Crippen LogP contribution in [0.2, 0.25) is 0 Å². The van der Waals surface area contributed by atoms with Crippen molar-refractivity contribution in [1.82, 2.24) is 19.7 Å². The van der Waals surface area contributed by atoms with Crippen molar-refractivity contribution in [3.05, 3.63) is 82.5 Å². The molecule has 0 spiro atoms. The molecule has 0 N–H and O–H groups in total.